The molecular formula is C8H20N2. The van der Waals surface area contributed by atoms with E-state index in [9.17, 15) is 0 Å². The summed E-state index contributed by atoms with van der Waals surface area (Å²) in [4.78, 5) is 4.06. The van der Waals surface area contributed by atoms with Crippen LogP contribution in [0.3, 0.4) is 0 Å². The van der Waals surface area contributed by atoms with Gasteiger partial charge in [0, 0.05) is 14.4 Å². The first kappa shape index (κ1) is 8.02. The summed E-state index contributed by atoms with van der Waals surface area (Å²) in [6.07, 6.45) is 0. The van der Waals surface area contributed by atoms with E-state index in [1.807, 2.05) is 33.1 Å². The van der Waals surface area contributed by atoms with E-state index in [4.69, 9.17) is 1.37 Å². The van der Waals surface area contributed by atoms with Gasteiger partial charge in [-0.15, -0.1) is 0 Å². The summed E-state index contributed by atoms with van der Waals surface area (Å²) in [5, 5.41) is 0. The molecule has 0 N–H and O–H groups in total. The van der Waals surface area contributed by atoms with Gasteiger partial charge in [0.15, 0.2) is 0 Å². The van der Waals surface area contributed by atoms with Crippen molar-refractivity contribution in [1.29, 1.82) is 0 Å². The SMILES string of the molecule is [2H]C(C(C)CN(C)C)N(C)C. The summed E-state index contributed by atoms with van der Waals surface area (Å²) in [6, 6.07) is 0. The van der Waals surface area contributed by atoms with Gasteiger partial charge >= 0.3 is 0 Å². The van der Waals surface area contributed by atoms with Crippen molar-refractivity contribution < 1.29 is 1.37 Å². The standard InChI is InChI=1S/C8H20N2/c1-8(6-9(2)3)7-10(4)5/h8H,6-7H2,1-5H3/i6D. The summed E-state index contributed by atoms with van der Waals surface area (Å²) in [7, 11) is 7.98. The van der Waals surface area contributed by atoms with Gasteiger partial charge in [0.25, 0.3) is 0 Å². The molecule has 0 fully saturated rings. The first-order valence-corrected chi connectivity index (χ1v) is 3.68. The highest BCUT2D eigenvalue weighted by molar-refractivity contribution is 4.58. The molecule has 0 saturated heterocycles. The third-order valence-corrected chi connectivity index (χ3v) is 1.21. The van der Waals surface area contributed by atoms with E-state index in [0.29, 0.717) is 5.92 Å². The second-order valence-corrected chi connectivity index (χ2v) is 3.35. The molecule has 10 heavy (non-hydrogen) atoms. The van der Waals surface area contributed by atoms with E-state index >= 15 is 0 Å². The van der Waals surface area contributed by atoms with Crippen LogP contribution in [0.5, 0.6) is 0 Å². The van der Waals surface area contributed by atoms with Gasteiger partial charge in [0.2, 0.25) is 0 Å². The Balaban J connectivity index is 3.73. The summed E-state index contributed by atoms with van der Waals surface area (Å²) >= 11 is 0. The van der Waals surface area contributed by atoms with Gasteiger partial charge in [-0.05, 0) is 34.1 Å². The Morgan fingerprint density at radius 1 is 1.20 bits per heavy atom. The smallest absolute Gasteiger partial charge is 0.0434 e. The molecule has 0 aromatic rings. The van der Waals surface area contributed by atoms with Gasteiger partial charge in [-0.25, -0.2) is 0 Å². The molecule has 62 valence electrons. The van der Waals surface area contributed by atoms with Crippen LogP contribution in [0.2, 0.25) is 0 Å². The molecule has 0 radical (unpaired) electrons. The summed E-state index contributed by atoms with van der Waals surface area (Å²) in [5.41, 5.74) is 0. The van der Waals surface area contributed by atoms with E-state index in [1.165, 1.54) is 0 Å². The molecule has 0 aliphatic rings. The van der Waals surface area contributed by atoms with Crippen LogP contribution in [0.1, 0.15) is 8.29 Å². The molecule has 0 amide bonds. The lowest BCUT2D eigenvalue weighted by atomic mass is 10.1. The first-order valence-electron chi connectivity index (χ1n) is 4.26. The molecule has 0 bridgehead atoms. The molecule has 2 nitrogen and oxygen atoms in total. The van der Waals surface area contributed by atoms with Crippen molar-refractivity contribution in [2.24, 2.45) is 5.92 Å². The van der Waals surface area contributed by atoms with Crippen LogP contribution >= 0.6 is 0 Å². The average Bonchev–Trinajstić information content (AvgIpc) is 1.84. The zero-order valence-corrected chi connectivity index (χ0v) is 7.76. The Morgan fingerprint density at radius 3 is 2.00 bits per heavy atom. The van der Waals surface area contributed by atoms with Crippen LogP contribution in [-0.4, -0.2) is 51.1 Å². The second kappa shape index (κ2) is 4.69. The summed E-state index contributed by atoms with van der Waals surface area (Å²) in [5.74, 6) is 0.403. The van der Waals surface area contributed by atoms with E-state index in [2.05, 4.69) is 11.8 Å². The van der Waals surface area contributed by atoms with Crippen molar-refractivity contribution in [3.8, 4) is 0 Å². The van der Waals surface area contributed by atoms with Crippen LogP contribution in [-0.2, 0) is 0 Å². The minimum absolute atomic E-state index is 0.0857. The molecule has 0 aliphatic heterocycles. The van der Waals surface area contributed by atoms with Crippen molar-refractivity contribution in [3.05, 3.63) is 0 Å². The minimum Gasteiger partial charge on any atom is -0.309 e. The molecule has 2 atom stereocenters. The maximum Gasteiger partial charge on any atom is 0.0434 e. The van der Waals surface area contributed by atoms with E-state index in [-0.39, 0.29) is 6.52 Å². The van der Waals surface area contributed by atoms with Crippen molar-refractivity contribution in [2.45, 2.75) is 6.92 Å². The predicted molar refractivity (Wildman–Crippen MR) is 46.3 cm³/mol. The largest absolute Gasteiger partial charge is 0.309 e. The lowest BCUT2D eigenvalue weighted by molar-refractivity contribution is 0.273. The topological polar surface area (TPSA) is 6.48 Å². The molecule has 0 aliphatic carbocycles. The third kappa shape index (κ3) is 6.05. The van der Waals surface area contributed by atoms with Crippen molar-refractivity contribution in [2.75, 3.05) is 41.3 Å². The fourth-order valence-corrected chi connectivity index (χ4v) is 1.13. The highest BCUT2D eigenvalue weighted by Gasteiger charge is 2.03. The van der Waals surface area contributed by atoms with Crippen molar-refractivity contribution in [3.63, 3.8) is 0 Å². The second-order valence-electron chi connectivity index (χ2n) is 3.35. The van der Waals surface area contributed by atoms with Gasteiger partial charge in [0.1, 0.15) is 0 Å². The van der Waals surface area contributed by atoms with Crippen LogP contribution < -0.4 is 0 Å². The molecule has 2 unspecified atom stereocenters. The Morgan fingerprint density at radius 2 is 1.70 bits per heavy atom. The molecule has 0 aromatic heterocycles. The Kier molecular flexibility index (Phi) is 3.76. The number of hydrogen-bond acceptors (Lipinski definition) is 2. The lowest BCUT2D eigenvalue weighted by Crippen LogP contribution is -2.28. The Hall–Kier alpha value is -0.0800. The predicted octanol–water partition coefficient (Wildman–Crippen LogP) is 0.746. The number of hydrogen-bond donors (Lipinski definition) is 0. The van der Waals surface area contributed by atoms with Crippen LogP contribution in [0, 0.1) is 5.92 Å². The molecule has 0 saturated carbocycles. The fourth-order valence-electron chi connectivity index (χ4n) is 1.13. The fraction of sp³-hybridized carbons (Fsp3) is 1.00. The zero-order chi connectivity index (χ0) is 9.02. The Labute approximate surface area is 66.2 Å². The number of nitrogens with zero attached hydrogens (tertiary/aromatic N) is 2. The third-order valence-electron chi connectivity index (χ3n) is 1.21. The monoisotopic (exact) mass is 145 g/mol. The lowest BCUT2D eigenvalue weighted by Gasteiger charge is -2.20. The maximum absolute atomic E-state index is 7.73. The molecule has 0 aromatic carbocycles. The van der Waals surface area contributed by atoms with Gasteiger partial charge < -0.3 is 9.80 Å². The van der Waals surface area contributed by atoms with Gasteiger partial charge in [-0.2, -0.15) is 0 Å². The van der Waals surface area contributed by atoms with Gasteiger partial charge in [-0.1, -0.05) is 6.92 Å². The molecular weight excluding hydrogens is 124 g/mol. The van der Waals surface area contributed by atoms with Crippen LogP contribution in [0.25, 0.3) is 0 Å². The minimum atomic E-state index is -0.0857. The number of rotatable bonds is 4. The van der Waals surface area contributed by atoms with Gasteiger partial charge in [0.05, 0.1) is 0 Å². The van der Waals surface area contributed by atoms with E-state index in [1.54, 1.807) is 0 Å². The normalized spacial score (nSPS) is 19.3. The van der Waals surface area contributed by atoms with E-state index < -0.39 is 0 Å². The zero-order valence-electron chi connectivity index (χ0n) is 8.76. The maximum atomic E-state index is 7.73. The average molecular weight is 145 g/mol. The Bertz CT molecular complexity index is 104. The highest BCUT2D eigenvalue weighted by Crippen LogP contribution is 1.96. The summed E-state index contributed by atoms with van der Waals surface area (Å²) < 4.78 is 7.73. The highest BCUT2D eigenvalue weighted by atomic mass is 15.1. The summed E-state index contributed by atoms with van der Waals surface area (Å²) in [6.45, 7) is 3.00. The quantitative estimate of drug-likeness (QED) is 0.576. The van der Waals surface area contributed by atoms with Crippen LogP contribution in [0.15, 0.2) is 0 Å². The molecule has 0 rings (SSSR count). The first-order chi connectivity index (χ1) is 4.95. The van der Waals surface area contributed by atoms with E-state index in [0.717, 1.165) is 6.54 Å². The van der Waals surface area contributed by atoms with Crippen LogP contribution in [0.4, 0.5) is 0 Å². The molecule has 2 heteroatoms. The van der Waals surface area contributed by atoms with Crippen molar-refractivity contribution in [1.82, 2.24) is 9.80 Å². The molecule has 0 spiro atoms. The van der Waals surface area contributed by atoms with Crippen molar-refractivity contribution >= 4 is 0 Å². The van der Waals surface area contributed by atoms with Gasteiger partial charge in [-0.3, -0.25) is 0 Å². The molecule has 0 heterocycles.